The summed E-state index contributed by atoms with van der Waals surface area (Å²) in [6.45, 7) is 3.24. The Hall–Kier alpha value is -1.14. The SMILES string of the molecule is Cc1c(Br)ccc(NCCN(C)C)c1[N+](=O)[O-]. The Kier molecular flexibility index (Phi) is 4.89. The van der Waals surface area contributed by atoms with Gasteiger partial charge in [-0.2, -0.15) is 0 Å². The van der Waals surface area contributed by atoms with Gasteiger partial charge >= 0.3 is 0 Å². The molecule has 0 bridgehead atoms. The lowest BCUT2D eigenvalue weighted by atomic mass is 10.1. The fourth-order valence-electron chi connectivity index (χ4n) is 1.47. The van der Waals surface area contributed by atoms with Crippen molar-refractivity contribution in [2.75, 3.05) is 32.5 Å². The third-order valence-corrected chi connectivity index (χ3v) is 3.28. The monoisotopic (exact) mass is 301 g/mol. The van der Waals surface area contributed by atoms with E-state index < -0.39 is 0 Å². The van der Waals surface area contributed by atoms with E-state index in [1.165, 1.54) is 0 Å². The van der Waals surface area contributed by atoms with Crippen molar-refractivity contribution in [3.63, 3.8) is 0 Å². The van der Waals surface area contributed by atoms with Gasteiger partial charge in [-0.15, -0.1) is 0 Å². The third kappa shape index (κ3) is 3.67. The summed E-state index contributed by atoms with van der Waals surface area (Å²) in [5.41, 5.74) is 1.35. The maximum Gasteiger partial charge on any atom is 0.296 e. The van der Waals surface area contributed by atoms with Crippen LogP contribution in [0.15, 0.2) is 16.6 Å². The van der Waals surface area contributed by atoms with Gasteiger partial charge in [-0.25, -0.2) is 0 Å². The van der Waals surface area contributed by atoms with Crippen molar-refractivity contribution in [2.45, 2.75) is 6.92 Å². The molecule has 1 aromatic carbocycles. The first-order chi connectivity index (χ1) is 7.93. The second kappa shape index (κ2) is 5.97. The van der Waals surface area contributed by atoms with Crippen LogP contribution in [0.2, 0.25) is 0 Å². The molecular weight excluding hydrogens is 286 g/mol. The number of likely N-dealkylation sites (N-methyl/N-ethyl adjacent to an activating group) is 1. The van der Waals surface area contributed by atoms with Crippen LogP contribution in [0.25, 0.3) is 0 Å². The van der Waals surface area contributed by atoms with Crippen LogP contribution in [-0.2, 0) is 0 Å². The summed E-state index contributed by atoms with van der Waals surface area (Å²) in [5, 5.41) is 14.1. The lowest BCUT2D eigenvalue weighted by molar-refractivity contribution is -0.384. The fourth-order valence-corrected chi connectivity index (χ4v) is 1.79. The highest BCUT2D eigenvalue weighted by Crippen LogP contribution is 2.33. The second-order valence-electron chi connectivity index (χ2n) is 4.06. The van der Waals surface area contributed by atoms with E-state index in [4.69, 9.17) is 0 Å². The summed E-state index contributed by atoms with van der Waals surface area (Å²) in [4.78, 5) is 12.7. The standard InChI is InChI=1S/C11H16BrN3O2/c1-8-9(12)4-5-10(11(8)15(16)17)13-6-7-14(2)3/h4-5,13H,6-7H2,1-3H3. The summed E-state index contributed by atoms with van der Waals surface area (Å²) < 4.78 is 0.752. The number of rotatable bonds is 5. The Morgan fingerprint density at radius 1 is 1.47 bits per heavy atom. The number of nitro groups is 1. The quantitative estimate of drug-likeness (QED) is 0.671. The molecule has 94 valence electrons. The molecule has 0 aliphatic rings. The molecule has 1 N–H and O–H groups in total. The van der Waals surface area contributed by atoms with E-state index in [-0.39, 0.29) is 10.6 Å². The Morgan fingerprint density at radius 3 is 2.65 bits per heavy atom. The van der Waals surface area contributed by atoms with E-state index in [0.717, 1.165) is 11.0 Å². The van der Waals surface area contributed by atoms with Gasteiger partial charge in [0.2, 0.25) is 0 Å². The first-order valence-electron chi connectivity index (χ1n) is 5.25. The number of anilines is 1. The number of benzene rings is 1. The number of hydrogen-bond donors (Lipinski definition) is 1. The summed E-state index contributed by atoms with van der Waals surface area (Å²) in [6.07, 6.45) is 0. The van der Waals surface area contributed by atoms with Gasteiger partial charge in [0.1, 0.15) is 5.69 Å². The van der Waals surface area contributed by atoms with E-state index >= 15 is 0 Å². The van der Waals surface area contributed by atoms with Crippen molar-refractivity contribution in [3.05, 3.63) is 32.3 Å². The molecule has 6 heteroatoms. The van der Waals surface area contributed by atoms with Gasteiger partial charge in [0.05, 0.1) is 4.92 Å². The molecule has 17 heavy (non-hydrogen) atoms. The maximum atomic E-state index is 11.0. The normalized spacial score (nSPS) is 10.6. The molecule has 0 atom stereocenters. The number of halogens is 1. The van der Waals surface area contributed by atoms with Crippen LogP contribution in [0, 0.1) is 17.0 Å². The van der Waals surface area contributed by atoms with Crippen LogP contribution < -0.4 is 5.32 Å². The van der Waals surface area contributed by atoms with Crippen molar-refractivity contribution in [1.82, 2.24) is 4.90 Å². The molecule has 0 amide bonds. The summed E-state index contributed by atoms with van der Waals surface area (Å²) in [5.74, 6) is 0. The molecule has 1 rings (SSSR count). The van der Waals surface area contributed by atoms with Gasteiger partial charge in [-0.1, -0.05) is 15.9 Å². The van der Waals surface area contributed by atoms with Crippen LogP contribution in [0.5, 0.6) is 0 Å². The van der Waals surface area contributed by atoms with E-state index in [9.17, 15) is 10.1 Å². The zero-order valence-corrected chi connectivity index (χ0v) is 11.7. The molecule has 0 saturated carbocycles. The van der Waals surface area contributed by atoms with Crippen molar-refractivity contribution in [1.29, 1.82) is 0 Å². The molecule has 5 nitrogen and oxygen atoms in total. The predicted molar refractivity (Wildman–Crippen MR) is 72.6 cm³/mol. The largest absolute Gasteiger partial charge is 0.378 e. The summed E-state index contributed by atoms with van der Waals surface area (Å²) in [7, 11) is 3.92. The highest BCUT2D eigenvalue weighted by Gasteiger charge is 2.18. The molecule has 0 fully saturated rings. The summed E-state index contributed by atoms with van der Waals surface area (Å²) >= 11 is 3.30. The van der Waals surface area contributed by atoms with E-state index in [0.29, 0.717) is 17.8 Å². The number of nitrogens with one attached hydrogen (secondary N) is 1. The Labute approximate surface area is 109 Å². The first-order valence-corrected chi connectivity index (χ1v) is 6.05. The molecule has 0 aliphatic heterocycles. The first kappa shape index (κ1) is 13.9. The minimum atomic E-state index is -0.349. The minimum Gasteiger partial charge on any atom is -0.378 e. The van der Waals surface area contributed by atoms with Gasteiger partial charge in [-0.05, 0) is 33.2 Å². The molecule has 0 heterocycles. The molecule has 0 aliphatic carbocycles. The Balaban J connectivity index is 2.91. The topological polar surface area (TPSA) is 58.4 Å². The van der Waals surface area contributed by atoms with Gasteiger partial charge < -0.3 is 10.2 Å². The van der Waals surface area contributed by atoms with Gasteiger partial charge in [0.25, 0.3) is 5.69 Å². The van der Waals surface area contributed by atoms with E-state index in [1.54, 1.807) is 13.0 Å². The predicted octanol–water partition coefficient (Wildman–Crippen LogP) is 2.64. The molecule has 0 spiro atoms. The van der Waals surface area contributed by atoms with Crippen LogP contribution in [0.4, 0.5) is 11.4 Å². The minimum absolute atomic E-state index is 0.137. The van der Waals surface area contributed by atoms with E-state index in [2.05, 4.69) is 21.2 Å². The number of hydrogen-bond acceptors (Lipinski definition) is 4. The van der Waals surface area contributed by atoms with Crippen LogP contribution in [0.3, 0.4) is 0 Å². The zero-order valence-electron chi connectivity index (χ0n) is 10.2. The second-order valence-corrected chi connectivity index (χ2v) is 4.91. The number of nitro benzene ring substituents is 1. The van der Waals surface area contributed by atoms with Gasteiger partial charge in [0, 0.05) is 23.1 Å². The van der Waals surface area contributed by atoms with Crippen molar-refractivity contribution >= 4 is 27.3 Å². The van der Waals surface area contributed by atoms with Crippen molar-refractivity contribution < 1.29 is 4.92 Å². The highest BCUT2D eigenvalue weighted by atomic mass is 79.9. The van der Waals surface area contributed by atoms with Crippen LogP contribution >= 0.6 is 15.9 Å². The zero-order chi connectivity index (χ0) is 13.0. The van der Waals surface area contributed by atoms with Crippen molar-refractivity contribution in [3.8, 4) is 0 Å². The molecule has 0 saturated heterocycles. The Morgan fingerprint density at radius 2 is 2.12 bits per heavy atom. The molecule has 0 aromatic heterocycles. The lowest BCUT2D eigenvalue weighted by Gasteiger charge is -2.12. The summed E-state index contributed by atoms with van der Waals surface area (Å²) in [6, 6.07) is 3.55. The van der Waals surface area contributed by atoms with Gasteiger partial charge in [-0.3, -0.25) is 10.1 Å². The molecule has 0 radical (unpaired) electrons. The van der Waals surface area contributed by atoms with Crippen LogP contribution in [0.1, 0.15) is 5.56 Å². The lowest BCUT2D eigenvalue weighted by Crippen LogP contribution is -2.21. The van der Waals surface area contributed by atoms with Gasteiger partial charge in [0.15, 0.2) is 0 Å². The average Bonchev–Trinajstić information content (AvgIpc) is 2.22. The average molecular weight is 302 g/mol. The molecular formula is C11H16BrN3O2. The smallest absolute Gasteiger partial charge is 0.296 e. The maximum absolute atomic E-state index is 11.0. The molecule has 1 aromatic rings. The fraction of sp³-hybridized carbons (Fsp3) is 0.455. The van der Waals surface area contributed by atoms with Crippen molar-refractivity contribution in [2.24, 2.45) is 0 Å². The van der Waals surface area contributed by atoms with Crippen LogP contribution in [-0.4, -0.2) is 37.0 Å². The van der Waals surface area contributed by atoms with E-state index in [1.807, 2.05) is 25.1 Å². The third-order valence-electron chi connectivity index (χ3n) is 2.42. The number of nitrogens with zero attached hydrogens (tertiary/aromatic N) is 2. The molecule has 0 unspecified atom stereocenters. The Bertz CT molecular complexity index is 421. The highest BCUT2D eigenvalue weighted by molar-refractivity contribution is 9.10.